The first-order valence-electron chi connectivity index (χ1n) is 5.40. The van der Waals surface area contributed by atoms with Gasteiger partial charge in [0.15, 0.2) is 5.78 Å². The second kappa shape index (κ2) is 9.28. The smallest absolute Gasteiger partial charge is 0.152 e. The first kappa shape index (κ1) is 15.0. The van der Waals surface area contributed by atoms with E-state index in [1.165, 1.54) is 20.8 Å². The van der Waals surface area contributed by atoms with Crippen LogP contribution in [0.5, 0.6) is 0 Å². The highest BCUT2D eigenvalue weighted by molar-refractivity contribution is 5.87. The van der Waals surface area contributed by atoms with E-state index in [-0.39, 0.29) is 11.6 Å². The Bertz CT molecular complexity index is 396. The number of hydrogen-bond donors (Lipinski definition) is 0. The molecule has 0 saturated heterocycles. The molecule has 0 heterocycles. The summed E-state index contributed by atoms with van der Waals surface area (Å²) in [6, 6.07) is 9.96. The van der Waals surface area contributed by atoms with Crippen molar-refractivity contribution in [1.29, 1.82) is 0 Å². The fourth-order valence-electron chi connectivity index (χ4n) is 0.922. The van der Waals surface area contributed by atoms with Crippen molar-refractivity contribution in [2.45, 2.75) is 20.8 Å². The molecule has 2 nitrogen and oxygen atoms in total. The summed E-state index contributed by atoms with van der Waals surface area (Å²) in [6.07, 6.45) is 7.10. The highest BCUT2D eigenvalue weighted by atomic mass is 16.1. The summed E-state index contributed by atoms with van der Waals surface area (Å²) in [6.45, 7) is 4.59. The summed E-state index contributed by atoms with van der Waals surface area (Å²) in [5, 5.41) is 0. The van der Waals surface area contributed by atoms with E-state index in [0.717, 1.165) is 5.56 Å². The maximum Gasteiger partial charge on any atom is 0.152 e. The van der Waals surface area contributed by atoms with Gasteiger partial charge >= 0.3 is 0 Å². The van der Waals surface area contributed by atoms with Gasteiger partial charge in [-0.1, -0.05) is 48.6 Å². The molecule has 0 spiro atoms. The molecule has 1 rings (SSSR count). The molecule has 0 unspecified atom stereocenters. The number of benzene rings is 1. The van der Waals surface area contributed by atoms with Crippen LogP contribution in [-0.4, -0.2) is 11.6 Å². The molecular weight excluding hydrogens is 212 g/mol. The van der Waals surface area contributed by atoms with Gasteiger partial charge in [-0.15, -0.1) is 0 Å². The minimum absolute atomic E-state index is 0.0673. The lowest BCUT2D eigenvalue weighted by Gasteiger charge is -1.87. The first-order valence-corrected chi connectivity index (χ1v) is 5.40. The van der Waals surface area contributed by atoms with Crippen molar-refractivity contribution >= 4 is 17.6 Å². The van der Waals surface area contributed by atoms with Crippen molar-refractivity contribution in [2.24, 2.45) is 0 Å². The molecule has 0 aliphatic carbocycles. The van der Waals surface area contributed by atoms with Crippen molar-refractivity contribution in [3.8, 4) is 0 Å². The third kappa shape index (κ3) is 12.0. The van der Waals surface area contributed by atoms with Crippen LogP contribution in [0.25, 0.3) is 6.08 Å². The first-order chi connectivity index (χ1) is 8.02. The van der Waals surface area contributed by atoms with Crippen LogP contribution in [0.3, 0.4) is 0 Å². The number of hydrogen-bond acceptors (Lipinski definition) is 2. The maximum atomic E-state index is 10.5. The standard InChI is InChI=1S/C12H12O.C3H6O/c1-11(13)7-5-6-10-12-8-3-2-4-9-12;1-3(2)4/h2-10H,1H3;1-2H3. The Kier molecular flexibility index (Phi) is 8.21. The van der Waals surface area contributed by atoms with Gasteiger partial charge in [-0.2, -0.15) is 0 Å². The zero-order valence-electron chi connectivity index (χ0n) is 10.5. The van der Waals surface area contributed by atoms with Crippen LogP contribution >= 0.6 is 0 Å². The fourth-order valence-corrected chi connectivity index (χ4v) is 0.922. The number of Topliss-reactive ketones (excluding diaryl/α,β-unsaturated/α-hetero) is 1. The number of carbonyl (C=O) groups excluding carboxylic acids is 2. The van der Waals surface area contributed by atoms with E-state index in [0.29, 0.717) is 0 Å². The van der Waals surface area contributed by atoms with E-state index < -0.39 is 0 Å². The quantitative estimate of drug-likeness (QED) is 0.588. The van der Waals surface area contributed by atoms with Crippen LogP contribution in [0.15, 0.2) is 48.6 Å². The Hall–Kier alpha value is -1.96. The van der Waals surface area contributed by atoms with Crippen LogP contribution in [0.2, 0.25) is 0 Å². The lowest BCUT2D eigenvalue weighted by Crippen LogP contribution is -1.77. The Morgan fingerprint density at radius 2 is 1.47 bits per heavy atom. The SMILES string of the molecule is CC(=O)C=CC=Cc1ccccc1.CC(C)=O. The molecule has 0 atom stereocenters. The molecule has 0 N–H and O–H groups in total. The van der Waals surface area contributed by atoms with Crippen molar-refractivity contribution in [1.82, 2.24) is 0 Å². The summed E-state index contributed by atoms with van der Waals surface area (Å²) in [5.41, 5.74) is 1.13. The second-order valence-electron chi connectivity index (χ2n) is 3.65. The number of ketones is 2. The lowest BCUT2D eigenvalue weighted by atomic mass is 10.2. The molecule has 17 heavy (non-hydrogen) atoms. The van der Waals surface area contributed by atoms with Gasteiger partial charge in [0.1, 0.15) is 5.78 Å². The Balaban J connectivity index is 0.000000557. The van der Waals surface area contributed by atoms with Gasteiger partial charge in [-0.25, -0.2) is 0 Å². The summed E-state index contributed by atoms with van der Waals surface area (Å²) < 4.78 is 0. The number of rotatable bonds is 3. The molecule has 0 aliphatic rings. The highest BCUT2D eigenvalue weighted by Crippen LogP contribution is 2.00. The summed E-state index contributed by atoms with van der Waals surface area (Å²) in [5.74, 6) is 0.234. The number of carbonyl (C=O) groups is 2. The van der Waals surface area contributed by atoms with E-state index in [2.05, 4.69) is 0 Å². The zero-order chi connectivity index (χ0) is 13.1. The molecule has 0 amide bonds. The third-order valence-corrected chi connectivity index (χ3v) is 1.53. The van der Waals surface area contributed by atoms with Crippen molar-refractivity contribution < 1.29 is 9.59 Å². The Morgan fingerprint density at radius 1 is 0.941 bits per heavy atom. The van der Waals surface area contributed by atoms with Crippen LogP contribution < -0.4 is 0 Å². The fraction of sp³-hybridized carbons (Fsp3) is 0.200. The van der Waals surface area contributed by atoms with E-state index in [4.69, 9.17) is 0 Å². The topological polar surface area (TPSA) is 34.1 Å². The lowest BCUT2D eigenvalue weighted by molar-refractivity contribution is -0.115. The van der Waals surface area contributed by atoms with Crippen molar-refractivity contribution in [2.75, 3.05) is 0 Å². The van der Waals surface area contributed by atoms with Gasteiger partial charge < -0.3 is 4.79 Å². The molecule has 0 bridgehead atoms. The maximum absolute atomic E-state index is 10.5. The molecule has 0 aromatic heterocycles. The van der Waals surface area contributed by atoms with Gasteiger partial charge in [-0.05, 0) is 32.4 Å². The molecule has 90 valence electrons. The molecule has 0 saturated carbocycles. The van der Waals surface area contributed by atoms with E-state index in [1.807, 2.05) is 42.5 Å². The Labute approximate surface area is 103 Å². The zero-order valence-corrected chi connectivity index (χ0v) is 10.5. The highest BCUT2D eigenvalue weighted by Gasteiger charge is 1.80. The summed E-state index contributed by atoms with van der Waals surface area (Å²) >= 11 is 0. The van der Waals surface area contributed by atoms with Crippen LogP contribution in [0.4, 0.5) is 0 Å². The van der Waals surface area contributed by atoms with Crippen LogP contribution in [-0.2, 0) is 9.59 Å². The third-order valence-electron chi connectivity index (χ3n) is 1.53. The monoisotopic (exact) mass is 230 g/mol. The van der Waals surface area contributed by atoms with Crippen LogP contribution in [0.1, 0.15) is 26.3 Å². The average Bonchev–Trinajstić information content (AvgIpc) is 2.25. The van der Waals surface area contributed by atoms with Crippen LogP contribution in [0, 0.1) is 0 Å². The van der Waals surface area contributed by atoms with E-state index >= 15 is 0 Å². The molecule has 2 heteroatoms. The predicted molar refractivity (Wildman–Crippen MR) is 71.7 cm³/mol. The van der Waals surface area contributed by atoms with E-state index in [1.54, 1.807) is 12.2 Å². The predicted octanol–water partition coefficient (Wildman–Crippen LogP) is 3.44. The molecule has 0 fully saturated rings. The van der Waals surface area contributed by atoms with Crippen molar-refractivity contribution in [3.63, 3.8) is 0 Å². The molecule has 0 aliphatic heterocycles. The van der Waals surface area contributed by atoms with E-state index in [9.17, 15) is 9.59 Å². The largest absolute Gasteiger partial charge is 0.300 e. The molecule has 1 aromatic carbocycles. The molecule has 0 radical (unpaired) electrons. The number of allylic oxidation sites excluding steroid dienone is 3. The average molecular weight is 230 g/mol. The van der Waals surface area contributed by atoms with Gasteiger partial charge in [-0.3, -0.25) is 4.79 Å². The minimum atomic E-state index is 0.0673. The van der Waals surface area contributed by atoms with Gasteiger partial charge in [0, 0.05) is 0 Å². The van der Waals surface area contributed by atoms with Gasteiger partial charge in [0.2, 0.25) is 0 Å². The van der Waals surface area contributed by atoms with Crippen molar-refractivity contribution in [3.05, 3.63) is 54.1 Å². The molecular formula is C15H18O2. The Morgan fingerprint density at radius 3 is 1.94 bits per heavy atom. The second-order valence-corrected chi connectivity index (χ2v) is 3.65. The van der Waals surface area contributed by atoms with Gasteiger partial charge in [0.25, 0.3) is 0 Å². The normalized spacial score (nSPS) is 10.1. The minimum Gasteiger partial charge on any atom is -0.300 e. The van der Waals surface area contributed by atoms with Gasteiger partial charge in [0.05, 0.1) is 0 Å². The summed E-state index contributed by atoms with van der Waals surface area (Å²) in [4.78, 5) is 20.0. The summed E-state index contributed by atoms with van der Waals surface area (Å²) in [7, 11) is 0. The molecule has 1 aromatic rings.